The van der Waals surface area contributed by atoms with Crippen molar-refractivity contribution in [1.82, 2.24) is 0 Å². The number of anilines is 2. The average Bonchev–Trinajstić information content (AvgIpc) is 3.05. The molecule has 1 saturated heterocycles. The van der Waals surface area contributed by atoms with Crippen molar-refractivity contribution in [2.45, 2.75) is 20.3 Å². The van der Waals surface area contributed by atoms with Crippen LogP contribution in [0.4, 0.5) is 11.4 Å². The molecule has 2 amide bonds. The largest absolute Gasteiger partial charge is 0.455 e. The molecule has 0 saturated carbocycles. The molecule has 3 rings (SSSR count). The molecular weight excluding hydrogens is 424 g/mol. The van der Waals surface area contributed by atoms with Gasteiger partial charge in [0.05, 0.1) is 5.92 Å². The molecule has 1 fully saturated rings. The number of amides is 2. The molecule has 7 heteroatoms. The molecule has 146 valence electrons. The summed E-state index contributed by atoms with van der Waals surface area (Å²) >= 11 is 3.40. The Bertz CT molecular complexity index is 911. The Labute approximate surface area is 172 Å². The highest BCUT2D eigenvalue weighted by Gasteiger charge is 2.36. The van der Waals surface area contributed by atoms with Crippen molar-refractivity contribution < 1.29 is 19.1 Å². The van der Waals surface area contributed by atoms with E-state index in [2.05, 4.69) is 21.2 Å². The quantitative estimate of drug-likeness (QED) is 0.714. The number of hydrogen-bond acceptors (Lipinski definition) is 4. The number of nitrogens with one attached hydrogen (secondary N) is 1. The summed E-state index contributed by atoms with van der Waals surface area (Å²) in [6, 6.07) is 13.0. The van der Waals surface area contributed by atoms with Gasteiger partial charge in [0, 0.05) is 28.8 Å². The zero-order valence-electron chi connectivity index (χ0n) is 15.7. The molecule has 1 atom stereocenters. The van der Waals surface area contributed by atoms with E-state index in [1.165, 1.54) is 0 Å². The number of aryl methyl sites for hydroxylation is 2. The lowest BCUT2D eigenvalue weighted by Crippen LogP contribution is -2.28. The van der Waals surface area contributed by atoms with Gasteiger partial charge in [-0.2, -0.15) is 0 Å². The van der Waals surface area contributed by atoms with Crippen LogP contribution in [0.1, 0.15) is 17.5 Å². The van der Waals surface area contributed by atoms with E-state index >= 15 is 0 Å². The zero-order chi connectivity index (χ0) is 20.3. The van der Waals surface area contributed by atoms with Crippen LogP contribution in [0.3, 0.4) is 0 Å². The van der Waals surface area contributed by atoms with Crippen molar-refractivity contribution in [1.29, 1.82) is 0 Å². The summed E-state index contributed by atoms with van der Waals surface area (Å²) in [6.07, 6.45) is 0.0836. The van der Waals surface area contributed by atoms with Crippen LogP contribution in [0, 0.1) is 19.8 Å². The molecule has 1 N–H and O–H groups in total. The van der Waals surface area contributed by atoms with Crippen molar-refractivity contribution in [2.24, 2.45) is 5.92 Å². The zero-order valence-corrected chi connectivity index (χ0v) is 17.3. The van der Waals surface area contributed by atoms with Gasteiger partial charge < -0.3 is 15.0 Å². The molecular formula is C21H21BrN2O4. The van der Waals surface area contributed by atoms with Gasteiger partial charge in [-0.15, -0.1) is 0 Å². The van der Waals surface area contributed by atoms with E-state index in [9.17, 15) is 14.4 Å². The number of nitrogens with zero attached hydrogens (tertiary/aromatic N) is 1. The van der Waals surface area contributed by atoms with Crippen molar-refractivity contribution in [2.75, 3.05) is 23.4 Å². The summed E-state index contributed by atoms with van der Waals surface area (Å²) < 4.78 is 6.07. The normalized spacial score (nSPS) is 16.2. The Morgan fingerprint density at radius 2 is 1.89 bits per heavy atom. The third kappa shape index (κ3) is 4.78. The molecule has 6 nitrogen and oxygen atoms in total. The Hall–Kier alpha value is -2.67. The Kier molecular flexibility index (Phi) is 6.14. The maximum absolute atomic E-state index is 12.3. The van der Waals surface area contributed by atoms with Crippen molar-refractivity contribution in [3.8, 4) is 0 Å². The first kappa shape index (κ1) is 20.1. The topological polar surface area (TPSA) is 75.7 Å². The van der Waals surface area contributed by atoms with Crippen molar-refractivity contribution in [3.05, 3.63) is 58.1 Å². The third-order valence-electron chi connectivity index (χ3n) is 4.59. The second-order valence-corrected chi connectivity index (χ2v) is 7.72. The van der Waals surface area contributed by atoms with Gasteiger partial charge in [-0.25, -0.2) is 0 Å². The Morgan fingerprint density at radius 1 is 1.18 bits per heavy atom. The van der Waals surface area contributed by atoms with E-state index in [4.69, 9.17) is 4.74 Å². The second-order valence-electron chi connectivity index (χ2n) is 6.86. The summed E-state index contributed by atoms with van der Waals surface area (Å²) in [5.74, 6) is -1.66. The highest BCUT2D eigenvalue weighted by molar-refractivity contribution is 9.10. The molecule has 1 aliphatic rings. The van der Waals surface area contributed by atoms with Gasteiger partial charge in [0.1, 0.15) is 0 Å². The van der Waals surface area contributed by atoms with E-state index in [1.807, 2.05) is 50.2 Å². The fourth-order valence-electron chi connectivity index (χ4n) is 3.01. The van der Waals surface area contributed by atoms with Gasteiger partial charge in [0.15, 0.2) is 6.61 Å². The van der Waals surface area contributed by atoms with Crippen LogP contribution >= 0.6 is 15.9 Å². The predicted molar refractivity (Wildman–Crippen MR) is 110 cm³/mol. The number of benzene rings is 2. The highest BCUT2D eigenvalue weighted by Crippen LogP contribution is 2.26. The van der Waals surface area contributed by atoms with Crippen LogP contribution < -0.4 is 10.2 Å². The molecule has 0 radical (unpaired) electrons. The van der Waals surface area contributed by atoms with Crippen LogP contribution in [-0.2, 0) is 19.1 Å². The minimum Gasteiger partial charge on any atom is -0.455 e. The van der Waals surface area contributed by atoms with Crippen LogP contribution in [-0.4, -0.2) is 30.9 Å². The van der Waals surface area contributed by atoms with Gasteiger partial charge in [-0.05, 0) is 49.7 Å². The Balaban J connectivity index is 1.52. The highest BCUT2D eigenvalue weighted by atomic mass is 79.9. The lowest BCUT2D eigenvalue weighted by atomic mass is 10.1. The fourth-order valence-corrected chi connectivity index (χ4v) is 3.26. The summed E-state index contributed by atoms with van der Waals surface area (Å²) in [5.41, 5.74) is 3.46. The van der Waals surface area contributed by atoms with Crippen molar-refractivity contribution >= 4 is 45.1 Å². The van der Waals surface area contributed by atoms with Gasteiger partial charge in [0.25, 0.3) is 5.91 Å². The first-order chi connectivity index (χ1) is 13.3. The molecule has 2 aromatic carbocycles. The number of ether oxygens (including phenoxy) is 1. The summed E-state index contributed by atoms with van der Waals surface area (Å²) in [6.45, 7) is 3.75. The summed E-state index contributed by atoms with van der Waals surface area (Å²) in [7, 11) is 0. The van der Waals surface area contributed by atoms with Crippen molar-refractivity contribution in [3.63, 3.8) is 0 Å². The van der Waals surface area contributed by atoms with Crippen LogP contribution in [0.25, 0.3) is 0 Å². The van der Waals surface area contributed by atoms with Gasteiger partial charge >= 0.3 is 5.97 Å². The van der Waals surface area contributed by atoms with Crippen LogP contribution in [0.15, 0.2) is 46.9 Å². The molecule has 0 bridgehead atoms. The summed E-state index contributed by atoms with van der Waals surface area (Å²) in [5, 5.41) is 2.69. The molecule has 28 heavy (non-hydrogen) atoms. The van der Waals surface area contributed by atoms with E-state index < -0.39 is 17.8 Å². The van der Waals surface area contributed by atoms with E-state index in [-0.39, 0.29) is 25.5 Å². The minimum absolute atomic E-state index is 0.0836. The standard InChI is InChI=1S/C21H21BrN2O4/c1-13-3-6-17(7-4-13)24-11-15(10-20(24)26)21(27)28-12-19(25)23-16-5-8-18(22)14(2)9-16/h3-9,15H,10-12H2,1-2H3,(H,23,25)/t15-/m0/s1. The monoisotopic (exact) mass is 444 g/mol. The van der Waals surface area contributed by atoms with Gasteiger partial charge in [-0.3, -0.25) is 14.4 Å². The first-order valence-corrected chi connectivity index (χ1v) is 9.72. The molecule has 0 aliphatic carbocycles. The predicted octanol–water partition coefficient (Wildman–Crippen LogP) is 3.60. The molecule has 0 aromatic heterocycles. The second kappa shape index (κ2) is 8.56. The summed E-state index contributed by atoms with van der Waals surface area (Å²) in [4.78, 5) is 38.2. The number of carbonyl (C=O) groups is 3. The number of esters is 1. The number of rotatable bonds is 5. The molecule has 1 aliphatic heterocycles. The fraction of sp³-hybridized carbons (Fsp3) is 0.286. The smallest absolute Gasteiger partial charge is 0.311 e. The van der Waals surface area contributed by atoms with Crippen LogP contribution in [0.2, 0.25) is 0 Å². The third-order valence-corrected chi connectivity index (χ3v) is 5.48. The lowest BCUT2D eigenvalue weighted by Gasteiger charge is -2.16. The maximum Gasteiger partial charge on any atom is 0.311 e. The average molecular weight is 445 g/mol. The minimum atomic E-state index is -0.573. The molecule has 2 aromatic rings. The van der Waals surface area contributed by atoms with E-state index in [0.29, 0.717) is 5.69 Å². The molecule has 0 spiro atoms. The number of hydrogen-bond donors (Lipinski definition) is 1. The van der Waals surface area contributed by atoms with Crippen LogP contribution in [0.5, 0.6) is 0 Å². The van der Waals surface area contributed by atoms with Gasteiger partial charge in [0.2, 0.25) is 5.91 Å². The SMILES string of the molecule is Cc1ccc(N2C[C@@H](C(=O)OCC(=O)Nc3ccc(Br)c(C)c3)CC2=O)cc1. The van der Waals surface area contributed by atoms with Gasteiger partial charge in [-0.1, -0.05) is 33.6 Å². The molecule has 0 unspecified atom stereocenters. The first-order valence-electron chi connectivity index (χ1n) is 8.93. The maximum atomic E-state index is 12.3. The van der Waals surface area contributed by atoms with E-state index in [0.717, 1.165) is 21.3 Å². The Morgan fingerprint density at radius 3 is 2.57 bits per heavy atom. The lowest BCUT2D eigenvalue weighted by molar-refractivity contribution is -0.151. The number of halogens is 1. The molecule has 1 heterocycles. The number of carbonyl (C=O) groups excluding carboxylic acids is 3. The van der Waals surface area contributed by atoms with E-state index in [1.54, 1.807) is 11.0 Å².